The van der Waals surface area contributed by atoms with Gasteiger partial charge in [0.1, 0.15) is 6.04 Å². The second kappa shape index (κ2) is 3.10. The molecule has 0 unspecified atom stereocenters. The number of hydrogen-bond acceptors (Lipinski definition) is 3. The predicted octanol–water partition coefficient (Wildman–Crippen LogP) is -0.478. The molecule has 5 nitrogen and oxygen atoms in total. The van der Waals surface area contributed by atoms with Gasteiger partial charge in [-0.25, -0.2) is 0 Å². The zero-order chi connectivity index (χ0) is 9.30. The number of carboxylic acid groups (broad SMARTS) is 2. The van der Waals surface area contributed by atoms with Crippen LogP contribution in [0.15, 0.2) is 0 Å². The van der Waals surface area contributed by atoms with Crippen LogP contribution >= 0.6 is 0 Å². The molecule has 1 heterocycles. The highest BCUT2D eigenvalue weighted by Gasteiger charge is 2.43. The lowest BCUT2D eigenvalue weighted by Gasteiger charge is -2.40. The summed E-state index contributed by atoms with van der Waals surface area (Å²) in [7, 11) is 0. The molecule has 0 aromatic rings. The lowest BCUT2D eigenvalue weighted by atomic mass is 9.81. The quantitative estimate of drug-likeness (QED) is 0.536. The highest BCUT2D eigenvalue weighted by atomic mass is 16.4. The summed E-state index contributed by atoms with van der Waals surface area (Å²) in [5.74, 6) is -2.20. The third kappa shape index (κ3) is 1.55. The summed E-state index contributed by atoms with van der Waals surface area (Å²) in [6.45, 7) is 1.78. The molecule has 0 bridgehead atoms. The van der Waals surface area contributed by atoms with Crippen LogP contribution in [0.5, 0.6) is 0 Å². The summed E-state index contributed by atoms with van der Waals surface area (Å²) in [4.78, 5) is 20.8. The predicted molar refractivity (Wildman–Crippen MR) is 39.8 cm³/mol. The monoisotopic (exact) mass is 173 g/mol. The van der Waals surface area contributed by atoms with Crippen LogP contribution in [0.2, 0.25) is 0 Å². The minimum absolute atomic E-state index is 0.0119. The smallest absolute Gasteiger partial charge is 0.321 e. The minimum atomic E-state index is -0.973. The summed E-state index contributed by atoms with van der Waals surface area (Å²) in [6, 6.07) is -0.696. The summed E-state index contributed by atoms with van der Waals surface area (Å²) < 4.78 is 0. The van der Waals surface area contributed by atoms with Gasteiger partial charge in [0.15, 0.2) is 0 Å². The number of hydrogen-bond donors (Lipinski definition) is 3. The first-order chi connectivity index (χ1) is 5.52. The zero-order valence-electron chi connectivity index (χ0n) is 6.65. The molecule has 1 aliphatic heterocycles. The van der Waals surface area contributed by atoms with Gasteiger partial charge in [-0.2, -0.15) is 0 Å². The van der Waals surface area contributed by atoms with Crippen molar-refractivity contribution in [3.05, 3.63) is 0 Å². The van der Waals surface area contributed by atoms with Crippen LogP contribution < -0.4 is 5.32 Å². The standard InChI is InChI=1S/C7H11NO4/c1-3-4(2-5(9)10)6(8-3)7(11)12/h3-4,6,8H,2H2,1H3,(H,9,10)(H,11,12)/t3-,4-,6-/m0/s1. The third-order valence-electron chi connectivity index (χ3n) is 2.19. The molecular weight excluding hydrogens is 162 g/mol. The van der Waals surface area contributed by atoms with E-state index in [0.29, 0.717) is 0 Å². The molecule has 1 fully saturated rings. The Morgan fingerprint density at radius 3 is 2.33 bits per heavy atom. The molecule has 68 valence electrons. The molecule has 0 aliphatic carbocycles. The van der Waals surface area contributed by atoms with E-state index in [2.05, 4.69) is 5.32 Å². The van der Waals surface area contributed by atoms with Crippen LogP contribution in [0.4, 0.5) is 0 Å². The highest BCUT2D eigenvalue weighted by Crippen LogP contribution is 2.24. The lowest BCUT2D eigenvalue weighted by molar-refractivity contribution is -0.148. The average molecular weight is 173 g/mol. The van der Waals surface area contributed by atoms with Crippen LogP contribution in [0.25, 0.3) is 0 Å². The van der Waals surface area contributed by atoms with Gasteiger partial charge in [0.2, 0.25) is 0 Å². The van der Waals surface area contributed by atoms with Gasteiger partial charge in [0.05, 0.1) is 6.42 Å². The van der Waals surface area contributed by atoms with Crippen molar-refractivity contribution in [1.29, 1.82) is 0 Å². The van der Waals surface area contributed by atoms with Crippen molar-refractivity contribution >= 4 is 11.9 Å². The van der Waals surface area contributed by atoms with E-state index in [-0.39, 0.29) is 18.4 Å². The van der Waals surface area contributed by atoms with E-state index in [4.69, 9.17) is 10.2 Å². The average Bonchev–Trinajstić information content (AvgIpc) is 1.95. The van der Waals surface area contributed by atoms with Gasteiger partial charge < -0.3 is 15.5 Å². The van der Waals surface area contributed by atoms with Crippen molar-refractivity contribution in [1.82, 2.24) is 5.32 Å². The van der Waals surface area contributed by atoms with E-state index in [1.807, 2.05) is 0 Å². The van der Waals surface area contributed by atoms with E-state index in [9.17, 15) is 9.59 Å². The minimum Gasteiger partial charge on any atom is -0.481 e. The first kappa shape index (κ1) is 8.99. The van der Waals surface area contributed by atoms with Crippen LogP contribution in [0.3, 0.4) is 0 Å². The van der Waals surface area contributed by atoms with Crippen molar-refractivity contribution in [3.8, 4) is 0 Å². The lowest BCUT2D eigenvalue weighted by Crippen LogP contribution is -2.63. The highest BCUT2D eigenvalue weighted by molar-refractivity contribution is 5.77. The molecule has 0 amide bonds. The number of nitrogens with one attached hydrogen (secondary N) is 1. The third-order valence-corrected chi connectivity index (χ3v) is 2.19. The Balaban J connectivity index is 2.50. The number of aliphatic carboxylic acids is 2. The Labute approximate surface area is 69.4 Å². The van der Waals surface area contributed by atoms with E-state index in [1.165, 1.54) is 0 Å². The fourth-order valence-electron chi connectivity index (χ4n) is 1.45. The molecule has 1 saturated heterocycles. The summed E-state index contributed by atoms with van der Waals surface area (Å²) in [5.41, 5.74) is 0. The van der Waals surface area contributed by atoms with Crippen molar-refractivity contribution in [2.24, 2.45) is 5.92 Å². The largest absolute Gasteiger partial charge is 0.481 e. The normalized spacial score (nSPS) is 33.9. The maximum atomic E-state index is 10.5. The molecule has 0 spiro atoms. The van der Waals surface area contributed by atoms with E-state index < -0.39 is 18.0 Å². The molecule has 12 heavy (non-hydrogen) atoms. The Kier molecular flexibility index (Phi) is 2.32. The topological polar surface area (TPSA) is 86.6 Å². The molecule has 5 heteroatoms. The van der Waals surface area contributed by atoms with Crippen LogP contribution in [-0.4, -0.2) is 34.2 Å². The Bertz CT molecular complexity index is 215. The molecule has 0 saturated carbocycles. The zero-order valence-corrected chi connectivity index (χ0v) is 6.65. The molecule has 1 aliphatic rings. The molecule has 0 aromatic carbocycles. The number of carbonyl (C=O) groups is 2. The van der Waals surface area contributed by atoms with Gasteiger partial charge in [0.25, 0.3) is 0 Å². The number of rotatable bonds is 3. The second-order valence-corrected chi connectivity index (χ2v) is 3.03. The van der Waals surface area contributed by atoms with E-state index in [1.54, 1.807) is 6.92 Å². The fourth-order valence-corrected chi connectivity index (χ4v) is 1.45. The van der Waals surface area contributed by atoms with Gasteiger partial charge in [-0.1, -0.05) is 0 Å². The van der Waals surface area contributed by atoms with Crippen molar-refractivity contribution in [2.75, 3.05) is 0 Å². The van der Waals surface area contributed by atoms with Crippen molar-refractivity contribution in [2.45, 2.75) is 25.4 Å². The van der Waals surface area contributed by atoms with Gasteiger partial charge in [-0.15, -0.1) is 0 Å². The maximum Gasteiger partial charge on any atom is 0.321 e. The first-order valence-electron chi connectivity index (χ1n) is 3.73. The van der Waals surface area contributed by atoms with Crippen molar-refractivity contribution in [3.63, 3.8) is 0 Å². The van der Waals surface area contributed by atoms with Gasteiger partial charge >= 0.3 is 11.9 Å². The molecule has 3 N–H and O–H groups in total. The second-order valence-electron chi connectivity index (χ2n) is 3.03. The van der Waals surface area contributed by atoms with Gasteiger partial charge in [0, 0.05) is 12.0 Å². The number of carboxylic acids is 2. The van der Waals surface area contributed by atoms with E-state index >= 15 is 0 Å². The SMILES string of the molecule is C[C@@H]1N[C@H](C(=O)O)[C@H]1CC(=O)O. The molecule has 0 aromatic heterocycles. The van der Waals surface area contributed by atoms with Gasteiger partial charge in [-0.3, -0.25) is 9.59 Å². The van der Waals surface area contributed by atoms with Crippen LogP contribution in [-0.2, 0) is 9.59 Å². The Morgan fingerprint density at radius 1 is 1.42 bits per heavy atom. The Hall–Kier alpha value is -1.10. The summed E-state index contributed by atoms with van der Waals surface area (Å²) >= 11 is 0. The fraction of sp³-hybridized carbons (Fsp3) is 0.714. The first-order valence-corrected chi connectivity index (χ1v) is 3.73. The Morgan fingerprint density at radius 2 is 2.00 bits per heavy atom. The molecule has 3 atom stereocenters. The molecular formula is C7H11NO4. The van der Waals surface area contributed by atoms with Crippen LogP contribution in [0.1, 0.15) is 13.3 Å². The molecule has 0 radical (unpaired) electrons. The molecule has 1 rings (SSSR count). The van der Waals surface area contributed by atoms with Crippen molar-refractivity contribution < 1.29 is 19.8 Å². The summed E-state index contributed by atoms with van der Waals surface area (Å²) in [6.07, 6.45) is -0.0782. The maximum absolute atomic E-state index is 10.5. The van der Waals surface area contributed by atoms with Gasteiger partial charge in [-0.05, 0) is 6.92 Å². The van der Waals surface area contributed by atoms with Crippen LogP contribution in [0, 0.1) is 5.92 Å². The van der Waals surface area contributed by atoms with E-state index in [0.717, 1.165) is 0 Å². The summed E-state index contributed by atoms with van der Waals surface area (Å²) in [5, 5.41) is 19.8.